The number of rotatable bonds is 3. The van der Waals surface area contributed by atoms with Crippen molar-refractivity contribution in [1.82, 2.24) is 4.98 Å². The van der Waals surface area contributed by atoms with Gasteiger partial charge in [-0.15, -0.1) is 11.3 Å². The molecule has 0 atom stereocenters. The third-order valence-electron chi connectivity index (χ3n) is 2.49. The van der Waals surface area contributed by atoms with E-state index in [2.05, 4.69) is 10.3 Å². The van der Waals surface area contributed by atoms with Gasteiger partial charge < -0.3 is 5.32 Å². The summed E-state index contributed by atoms with van der Waals surface area (Å²) < 4.78 is 37.7. The topological polar surface area (TPSA) is 24.9 Å². The number of thiazole rings is 1. The van der Waals surface area contributed by atoms with E-state index in [1.165, 1.54) is 23.5 Å². The summed E-state index contributed by atoms with van der Waals surface area (Å²) in [7, 11) is 0. The van der Waals surface area contributed by atoms with E-state index in [0.717, 1.165) is 6.07 Å². The molecule has 0 unspecified atom stereocenters. The van der Waals surface area contributed by atoms with E-state index in [1.807, 2.05) is 6.92 Å². The lowest BCUT2D eigenvalue weighted by Crippen LogP contribution is -2.06. The maximum Gasteiger partial charge on any atom is 0.416 e. The average molecular weight is 272 g/mol. The zero-order valence-corrected chi connectivity index (χ0v) is 10.4. The Bertz CT molecular complexity index is 521. The fraction of sp³-hybridized carbons (Fsp3) is 0.250. The Balaban J connectivity index is 2.32. The van der Waals surface area contributed by atoms with Crippen molar-refractivity contribution in [2.45, 2.75) is 19.5 Å². The Morgan fingerprint density at radius 3 is 2.67 bits per heavy atom. The monoisotopic (exact) mass is 272 g/mol. The van der Waals surface area contributed by atoms with E-state index < -0.39 is 11.7 Å². The fourth-order valence-corrected chi connectivity index (χ4v) is 2.13. The molecule has 0 radical (unpaired) electrons. The minimum atomic E-state index is -4.30. The molecule has 0 aliphatic carbocycles. The van der Waals surface area contributed by atoms with Crippen LogP contribution in [-0.2, 0) is 12.6 Å². The van der Waals surface area contributed by atoms with Gasteiger partial charge in [0.15, 0.2) is 5.13 Å². The predicted molar refractivity (Wildman–Crippen MR) is 66.2 cm³/mol. The van der Waals surface area contributed by atoms with Crippen molar-refractivity contribution in [3.63, 3.8) is 0 Å². The molecular formula is C12H11F3N2S. The van der Waals surface area contributed by atoms with Crippen LogP contribution in [0.2, 0.25) is 0 Å². The minimum absolute atomic E-state index is 0.525. The molecular weight excluding hydrogens is 261 g/mol. The first kappa shape index (κ1) is 12.9. The largest absolute Gasteiger partial charge is 0.416 e. The molecule has 0 aliphatic heterocycles. The molecule has 1 N–H and O–H groups in total. The van der Waals surface area contributed by atoms with Crippen LogP contribution in [0.15, 0.2) is 29.8 Å². The van der Waals surface area contributed by atoms with Crippen molar-refractivity contribution in [3.05, 3.63) is 40.9 Å². The Morgan fingerprint density at radius 1 is 1.33 bits per heavy atom. The zero-order valence-electron chi connectivity index (χ0n) is 9.58. The molecule has 0 saturated heterocycles. The van der Waals surface area contributed by atoms with Gasteiger partial charge in [0.2, 0.25) is 0 Å². The number of nitrogens with zero attached hydrogens (tertiary/aromatic N) is 1. The number of nitrogens with one attached hydrogen (secondary N) is 1. The molecule has 1 aromatic heterocycles. The molecule has 0 saturated carbocycles. The molecule has 0 amide bonds. The first-order valence-corrected chi connectivity index (χ1v) is 6.25. The summed E-state index contributed by atoms with van der Waals surface area (Å²) in [6, 6.07) is 3.70. The summed E-state index contributed by atoms with van der Waals surface area (Å²) in [4.78, 5) is 4.04. The lowest BCUT2D eigenvalue weighted by atomic mass is 10.1. The summed E-state index contributed by atoms with van der Waals surface area (Å²) in [5, 5.41) is 5.50. The van der Waals surface area contributed by atoms with Crippen LogP contribution in [-0.4, -0.2) is 4.98 Å². The first-order valence-electron chi connectivity index (χ1n) is 5.37. The SMILES string of the molecule is CCc1cc(C(F)(F)F)ccc1Nc1nccs1. The number of hydrogen-bond donors (Lipinski definition) is 1. The van der Waals surface area contributed by atoms with Gasteiger partial charge in [0.1, 0.15) is 0 Å². The number of halogens is 3. The second-order valence-electron chi connectivity index (χ2n) is 3.69. The van der Waals surface area contributed by atoms with Crippen LogP contribution in [0.3, 0.4) is 0 Å². The van der Waals surface area contributed by atoms with Gasteiger partial charge in [-0.3, -0.25) is 0 Å². The lowest BCUT2D eigenvalue weighted by molar-refractivity contribution is -0.137. The van der Waals surface area contributed by atoms with Gasteiger partial charge in [-0.1, -0.05) is 6.92 Å². The quantitative estimate of drug-likeness (QED) is 0.891. The highest BCUT2D eigenvalue weighted by Crippen LogP contribution is 2.33. The van der Waals surface area contributed by atoms with Crippen molar-refractivity contribution < 1.29 is 13.2 Å². The summed E-state index contributed by atoms with van der Waals surface area (Å²) in [6.07, 6.45) is -2.13. The van der Waals surface area contributed by atoms with E-state index in [9.17, 15) is 13.2 Å². The van der Waals surface area contributed by atoms with Crippen LogP contribution in [0.5, 0.6) is 0 Å². The van der Waals surface area contributed by atoms with Gasteiger partial charge in [-0.05, 0) is 30.2 Å². The molecule has 1 aromatic carbocycles. The van der Waals surface area contributed by atoms with Crippen molar-refractivity contribution in [3.8, 4) is 0 Å². The molecule has 2 aromatic rings. The van der Waals surface area contributed by atoms with Crippen LogP contribution in [0.25, 0.3) is 0 Å². The smallest absolute Gasteiger partial charge is 0.331 e. The van der Waals surface area contributed by atoms with Crippen LogP contribution >= 0.6 is 11.3 Å². The highest BCUT2D eigenvalue weighted by Gasteiger charge is 2.30. The molecule has 18 heavy (non-hydrogen) atoms. The Hall–Kier alpha value is -1.56. The van der Waals surface area contributed by atoms with Gasteiger partial charge >= 0.3 is 6.18 Å². The average Bonchev–Trinajstić information content (AvgIpc) is 2.81. The maximum absolute atomic E-state index is 12.6. The second kappa shape index (κ2) is 4.97. The Kier molecular flexibility index (Phi) is 3.56. The zero-order chi connectivity index (χ0) is 13.2. The third kappa shape index (κ3) is 2.81. The summed E-state index contributed by atoms with van der Waals surface area (Å²) in [5.74, 6) is 0. The summed E-state index contributed by atoms with van der Waals surface area (Å²) >= 11 is 1.40. The molecule has 0 fully saturated rings. The fourth-order valence-electron chi connectivity index (χ4n) is 1.58. The van der Waals surface area contributed by atoms with Crippen LogP contribution in [0.4, 0.5) is 24.0 Å². The van der Waals surface area contributed by atoms with Crippen molar-refractivity contribution >= 4 is 22.2 Å². The maximum atomic E-state index is 12.6. The molecule has 6 heteroatoms. The highest BCUT2D eigenvalue weighted by atomic mass is 32.1. The summed E-state index contributed by atoms with van der Waals surface area (Å²) in [5.41, 5.74) is 0.671. The second-order valence-corrected chi connectivity index (χ2v) is 4.58. The Morgan fingerprint density at radius 2 is 2.11 bits per heavy atom. The standard InChI is InChI=1S/C12H11F3N2S/c1-2-8-7-9(12(13,14)15)3-4-10(8)17-11-16-5-6-18-11/h3-7H,2H2,1H3,(H,16,17). The van der Waals surface area contributed by atoms with Crippen LogP contribution in [0.1, 0.15) is 18.1 Å². The molecule has 0 aliphatic rings. The molecule has 0 spiro atoms. The van der Waals surface area contributed by atoms with Crippen molar-refractivity contribution in [2.75, 3.05) is 5.32 Å². The predicted octanol–water partition coefficient (Wildman–Crippen LogP) is 4.47. The van der Waals surface area contributed by atoms with E-state index in [4.69, 9.17) is 0 Å². The number of benzene rings is 1. The number of aromatic nitrogens is 1. The highest BCUT2D eigenvalue weighted by molar-refractivity contribution is 7.13. The van der Waals surface area contributed by atoms with Crippen LogP contribution in [0, 0.1) is 0 Å². The lowest BCUT2D eigenvalue weighted by Gasteiger charge is -2.12. The normalized spacial score (nSPS) is 11.6. The van der Waals surface area contributed by atoms with Gasteiger partial charge in [0, 0.05) is 17.3 Å². The van der Waals surface area contributed by atoms with E-state index >= 15 is 0 Å². The van der Waals surface area contributed by atoms with Gasteiger partial charge in [0.05, 0.1) is 5.56 Å². The first-order chi connectivity index (χ1) is 8.50. The van der Waals surface area contributed by atoms with Crippen molar-refractivity contribution in [1.29, 1.82) is 0 Å². The molecule has 0 bridgehead atoms. The molecule has 1 heterocycles. The summed E-state index contributed by atoms with van der Waals surface area (Å²) in [6.45, 7) is 1.82. The Labute approximate surface area is 106 Å². The molecule has 96 valence electrons. The van der Waals surface area contributed by atoms with E-state index in [0.29, 0.717) is 22.8 Å². The minimum Gasteiger partial charge on any atom is -0.331 e. The van der Waals surface area contributed by atoms with Crippen molar-refractivity contribution in [2.24, 2.45) is 0 Å². The molecule has 2 rings (SSSR count). The third-order valence-corrected chi connectivity index (χ3v) is 3.18. The molecule has 2 nitrogen and oxygen atoms in total. The van der Waals surface area contributed by atoms with Gasteiger partial charge in [-0.2, -0.15) is 13.2 Å². The van der Waals surface area contributed by atoms with E-state index in [-0.39, 0.29) is 0 Å². The number of alkyl halides is 3. The van der Waals surface area contributed by atoms with Gasteiger partial charge in [0.25, 0.3) is 0 Å². The number of anilines is 2. The van der Waals surface area contributed by atoms with Gasteiger partial charge in [-0.25, -0.2) is 4.98 Å². The number of aryl methyl sites for hydroxylation is 1. The van der Waals surface area contributed by atoms with Crippen LogP contribution < -0.4 is 5.32 Å². The number of hydrogen-bond acceptors (Lipinski definition) is 3. The van der Waals surface area contributed by atoms with E-state index in [1.54, 1.807) is 11.6 Å².